The summed E-state index contributed by atoms with van der Waals surface area (Å²) in [5.41, 5.74) is 10.2. The number of hydrogen-bond donors (Lipinski definition) is 1. The van der Waals surface area contributed by atoms with Crippen molar-refractivity contribution in [2.45, 2.75) is 38.1 Å². The molecule has 5 rings (SSSR count). The van der Waals surface area contributed by atoms with Crippen molar-refractivity contribution in [3.05, 3.63) is 64.8 Å². The lowest BCUT2D eigenvalue weighted by Crippen LogP contribution is -2.35. The Morgan fingerprint density at radius 1 is 1.12 bits per heavy atom. The molecule has 1 aromatic heterocycles. The Morgan fingerprint density at radius 3 is 2.69 bits per heavy atom. The number of benzene rings is 2. The van der Waals surface area contributed by atoms with Crippen LogP contribution in [0.4, 0.5) is 0 Å². The molecule has 0 atom stereocenters. The summed E-state index contributed by atoms with van der Waals surface area (Å²) in [6.45, 7) is 2.99. The SMILES string of the molecule is COc1cc2c(cc1CCN1CCC(n3ccc4ccc(C(N)=O)cc43)CC1)C(=O)CC2. The molecular formula is C26H29N3O3. The lowest BCUT2D eigenvalue weighted by molar-refractivity contribution is 0.0988. The van der Waals surface area contributed by atoms with Gasteiger partial charge in [0.2, 0.25) is 5.91 Å². The molecule has 3 aromatic rings. The van der Waals surface area contributed by atoms with Crippen LogP contribution in [0.2, 0.25) is 0 Å². The number of ketones is 1. The van der Waals surface area contributed by atoms with Crippen molar-refractivity contribution in [1.82, 2.24) is 9.47 Å². The van der Waals surface area contributed by atoms with Gasteiger partial charge in [-0.05, 0) is 72.5 Å². The summed E-state index contributed by atoms with van der Waals surface area (Å²) in [7, 11) is 1.71. The van der Waals surface area contributed by atoms with Crippen LogP contribution in [0.5, 0.6) is 5.75 Å². The molecule has 166 valence electrons. The fourth-order valence-corrected chi connectivity index (χ4v) is 5.22. The highest BCUT2D eigenvalue weighted by Gasteiger charge is 2.24. The van der Waals surface area contributed by atoms with Crippen molar-refractivity contribution >= 4 is 22.6 Å². The largest absolute Gasteiger partial charge is 0.496 e. The monoisotopic (exact) mass is 431 g/mol. The van der Waals surface area contributed by atoms with E-state index in [2.05, 4.69) is 33.9 Å². The maximum absolute atomic E-state index is 12.1. The summed E-state index contributed by atoms with van der Waals surface area (Å²) in [5.74, 6) is 0.763. The molecule has 2 aromatic carbocycles. The van der Waals surface area contributed by atoms with Gasteiger partial charge in [0.1, 0.15) is 5.75 Å². The van der Waals surface area contributed by atoms with E-state index in [9.17, 15) is 9.59 Å². The van der Waals surface area contributed by atoms with Gasteiger partial charge in [0.15, 0.2) is 5.78 Å². The van der Waals surface area contributed by atoms with Crippen LogP contribution in [0.3, 0.4) is 0 Å². The van der Waals surface area contributed by atoms with Gasteiger partial charge in [0.05, 0.1) is 7.11 Å². The number of ether oxygens (including phenoxy) is 1. The molecule has 0 saturated carbocycles. The van der Waals surface area contributed by atoms with Crippen LogP contribution in [0.15, 0.2) is 42.6 Å². The van der Waals surface area contributed by atoms with Gasteiger partial charge in [-0.2, -0.15) is 0 Å². The average molecular weight is 432 g/mol. The highest BCUT2D eigenvalue weighted by molar-refractivity contribution is 6.00. The number of likely N-dealkylation sites (tertiary alicyclic amines) is 1. The van der Waals surface area contributed by atoms with E-state index in [4.69, 9.17) is 10.5 Å². The third kappa shape index (κ3) is 3.79. The van der Waals surface area contributed by atoms with Crippen molar-refractivity contribution in [3.63, 3.8) is 0 Å². The molecule has 2 aliphatic rings. The molecule has 1 aliphatic heterocycles. The van der Waals surface area contributed by atoms with Crippen molar-refractivity contribution in [2.24, 2.45) is 5.73 Å². The average Bonchev–Trinajstić information content (AvgIpc) is 3.40. The number of hydrogen-bond acceptors (Lipinski definition) is 4. The Hall–Kier alpha value is -3.12. The number of amides is 1. The number of aryl methyl sites for hydroxylation is 1. The van der Waals surface area contributed by atoms with Gasteiger partial charge in [-0.25, -0.2) is 0 Å². The van der Waals surface area contributed by atoms with Gasteiger partial charge in [0.25, 0.3) is 0 Å². The second kappa shape index (κ2) is 8.43. The minimum absolute atomic E-state index is 0.253. The highest BCUT2D eigenvalue weighted by atomic mass is 16.5. The van der Waals surface area contributed by atoms with Crippen molar-refractivity contribution in [1.29, 1.82) is 0 Å². The maximum Gasteiger partial charge on any atom is 0.248 e. The normalized spacial score (nSPS) is 17.1. The Balaban J connectivity index is 1.24. The predicted octanol–water partition coefficient (Wildman–Crippen LogP) is 3.76. The number of fused-ring (bicyclic) bond motifs is 2. The molecule has 0 unspecified atom stereocenters. The smallest absolute Gasteiger partial charge is 0.248 e. The van der Waals surface area contributed by atoms with E-state index >= 15 is 0 Å². The van der Waals surface area contributed by atoms with E-state index in [1.54, 1.807) is 13.2 Å². The summed E-state index contributed by atoms with van der Waals surface area (Å²) < 4.78 is 7.91. The predicted molar refractivity (Wildman–Crippen MR) is 125 cm³/mol. The van der Waals surface area contributed by atoms with Crippen LogP contribution in [-0.2, 0) is 12.8 Å². The second-order valence-corrected chi connectivity index (χ2v) is 8.93. The van der Waals surface area contributed by atoms with Gasteiger partial charge in [-0.15, -0.1) is 0 Å². The third-order valence-electron chi connectivity index (χ3n) is 7.08. The summed E-state index contributed by atoms with van der Waals surface area (Å²) in [6.07, 6.45) is 6.57. The highest BCUT2D eigenvalue weighted by Crippen LogP contribution is 2.32. The number of nitrogens with two attached hydrogens (primary N) is 1. The molecule has 2 N–H and O–H groups in total. The molecule has 32 heavy (non-hydrogen) atoms. The van der Waals surface area contributed by atoms with Crippen LogP contribution >= 0.6 is 0 Å². The van der Waals surface area contributed by atoms with Gasteiger partial charge in [-0.1, -0.05) is 6.07 Å². The fraction of sp³-hybridized carbons (Fsp3) is 0.385. The Bertz CT molecular complexity index is 1190. The number of aromatic nitrogens is 1. The van der Waals surface area contributed by atoms with Crippen LogP contribution in [0.1, 0.15) is 57.1 Å². The molecule has 2 heterocycles. The van der Waals surface area contributed by atoms with Crippen LogP contribution in [0, 0.1) is 0 Å². The summed E-state index contributed by atoms with van der Waals surface area (Å²) in [6, 6.07) is 12.3. The number of piperidine rings is 1. The first-order valence-electron chi connectivity index (χ1n) is 11.4. The molecule has 1 amide bonds. The zero-order chi connectivity index (χ0) is 22.2. The minimum Gasteiger partial charge on any atom is -0.496 e. The number of carbonyl (C=O) groups is 2. The fourth-order valence-electron chi connectivity index (χ4n) is 5.22. The molecule has 0 radical (unpaired) electrons. The number of primary amides is 1. The van der Waals surface area contributed by atoms with Gasteiger partial charge >= 0.3 is 0 Å². The number of carbonyl (C=O) groups excluding carboxylic acids is 2. The number of Topliss-reactive ketones (excluding diaryl/α,β-unsaturated/α-hetero) is 1. The Labute approximate surface area is 187 Å². The van der Waals surface area contributed by atoms with Crippen molar-refractivity contribution in [3.8, 4) is 5.75 Å². The van der Waals surface area contributed by atoms with E-state index in [0.717, 1.165) is 78.7 Å². The van der Waals surface area contributed by atoms with Crippen molar-refractivity contribution in [2.75, 3.05) is 26.7 Å². The molecular weight excluding hydrogens is 402 g/mol. The van der Waals surface area contributed by atoms with Gasteiger partial charge < -0.3 is 19.9 Å². The molecule has 1 aliphatic carbocycles. The standard InChI is InChI=1S/C26H29N3O3/c1-32-25-16-18-4-5-24(30)22(18)14-19(25)6-10-28-11-8-21(9-12-28)29-13-7-17-2-3-20(26(27)31)15-23(17)29/h2-3,7,13-16,21H,4-6,8-12H2,1H3,(H2,27,31). The summed E-state index contributed by atoms with van der Waals surface area (Å²) in [5, 5.41) is 1.13. The Morgan fingerprint density at radius 2 is 1.94 bits per heavy atom. The number of rotatable bonds is 6. The van der Waals surface area contributed by atoms with E-state index in [1.807, 2.05) is 12.1 Å². The summed E-state index contributed by atoms with van der Waals surface area (Å²) in [4.78, 5) is 26.2. The first-order valence-corrected chi connectivity index (χ1v) is 11.4. The van der Waals surface area contributed by atoms with Crippen LogP contribution in [-0.4, -0.2) is 47.9 Å². The van der Waals surface area contributed by atoms with Crippen LogP contribution < -0.4 is 10.5 Å². The lowest BCUT2D eigenvalue weighted by atomic mass is 10.0. The minimum atomic E-state index is -0.391. The van der Waals surface area contributed by atoms with Crippen LogP contribution in [0.25, 0.3) is 10.9 Å². The zero-order valence-electron chi connectivity index (χ0n) is 18.5. The molecule has 6 nitrogen and oxygen atoms in total. The quantitative estimate of drug-likeness (QED) is 0.645. The number of nitrogens with zero attached hydrogens (tertiary/aromatic N) is 2. The van der Waals surface area contributed by atoms with Crippen molar-refractivity contribution < 1.29 is 14.3 Å². The molecule has 1 fully saturated rings. The molecule has 1 saturated heterocycles. The maximum atomic E-state index is 12.1. The molecule has 0 spiro atoms. The summed E-state index contributed by atoms with van der Waals surface area (Å²) >= 11 is 0. The third-order valence-corrected chi connectivity index (χ3v) is 7.08. The van der Waals surface area contributed by atoms with E-state index in [-0.39, 0.29) is 5.78 Å². The first-order chi connectivity index (χ1) is 15.5. The molecule has 6 heteroatoms. The Kier molecular flexibility index (Phi) is 5.47. The number of methoxy groups -OCH3 is 1. The molecule has 0 bridgehead atoms. The van der Waals surface area contributed by atoms with E-state index < -0.39 is 5.91 Å². The van der Waals surface area contributed by atoms with E-state index in [0.29, 0.717) is 18.0 Å². The van der Waals surface area contributed by atoms with E-state index in [1.165, 1.54) is 0 Å². The topological polar surface area (TPSA) is 77.6 Å². The zero-order valence-corrected chi connectivity index (χ0v) is 18.5. The van der Waals surface area contributed by atoms with Gasteiger partial charge in [-0.3, -0.25) is 9.59 Å². The second-order valence-electron chi connectivity index (χ2n) is 8.93. The lowest BCUT2D eigenvalue weighted by Gasteiger charge is -2.33. The first kappa shape index (κ1) is 20.8. The van der Waals surface area contributed by atoms with Gasteiger partial charge in [0, 0.05) is 54.9 Å².